The van der Waals surface area contributed by atoms with Crippen LogP contribution in [0, 0.1) is 6.92 Å². The fourth-order valence-corrected chi connectivity index (χ4v) is 5.00. The number of benzene rings is 1. The molecule has 0 radical (unpaired) electrons. The molecule has 130 valence electrons. The Labute approximate surface area is 151 Å². The number of pyridine rings is 1. The van der Waals surface area contributed by atoms with Crippen LogP contribution in [-0.2, 0) is 22.2 Å². The van der Waals surface area contributed by atoms with Crippen LogP contribution in [0.4, 0.5) is 5.82 Å². The number of ketones is 1. The van der Waals surface area contributed by atoms with Gasteiger partial charge in [0.05, 0.1) is 18.4 Å². The molecule has 4 nitrogen and oxygen atoms in total. The third-order valence-electron chi connectivity index (χ3n) is 4.38. The van der Waals surface area contributed by atoms with Gasteiger partial charge in [-0.2, -0.15) is 0 Å². The zero-order chi connectivity index (χ0) is 18.0. The van der Waals surface area contributed by atoms with Gasteiger partial charge in [0.2, 0.25) is 5.78 Å². The van der Waals surface area contributed by atoms with Gasteiger partial charge in [-0.1, -0.05) is 37.3 Å². The summed E-state index contributed by atoms with van der Waals surface area (Å²) in [6.45, 7) is 4.40. The fraction of sp³-hybridized carbons (Fsp3) is 0.350. The minimum absolute atomic E-state index is 0.0731. The first-order valence-electron chi connectivity index (χ1n) is 8.51. The predicted molar refractivity (Wildman–Crippen MR) is 103 cm³/mol. The fourth-order valence-electron chi connectivity index (χ4n) is 3.15. The van der Waals surface area contributed by atoms with E-state index < -0.39 is 5.25 Å². The van der Waals surface area contributed by atoms with Crippen molar-refractivity contribution in [3.8, 4) is 0 Å². The molecule has 0 bridgehead atoms. The lowest BCUT2D eigenvalue weighted by atomic mass is 10.0. The third kappa shape index (κ3) is 3.47. The molecule has 1 aliphatic rings. The Bertz CT molecular complexity index is 792. The van der Waals surface area contributed by atoms with E-state index in [1.54, 1.807) is 4.90 Å². The van der Waals surface area contributed by atoms with Crippen molar-refractivity contribution in [2.24, 2.45) is 0 Å². The van der Waals surface area contributed by atoms with Gasteiger partial charge in [0.25, 0.3) is 11.2 Å². The molecule has 2 unspecified atom stereocenters. The molecule has 0 saturated heterocycles. The number of aromatic nitrogens is 1. The van der Waals surface area contributed by atoms with Gasteiger partial charge in [0, 0.05) is 16.6 Å². The van der Waals surface area contributed by atoms with Crippen molar-refractivity contribution in [3.63, 3.8) is 0 Å². The molecule has 0 fully saturated rings. The molecule has 0 spiro atoms. The molecule has 0 N–H and O–H groups in total. The van der Waals surface area contributed by atoms with Crippen LogP contribution in [0.15, 0.2) is 42.5 Å². The van der Waals surface area contributed by atoms with Gasteiger partial charge < -0.3 is 0 Å². The molecule has 0 saturated carbocycles. The molecule has 1 aromatic carbocycles. The Morgan fingerprint density at radius 2 is 1.84 bits per heavy atom. The quantitative estimate of drug-likeness (QED) is 0.611. The van der Waals surface area contributed by atoms with Gasteiger partial charge in [-0.3, -0.25) is 14.5 Å². The van der Waals surface area contributed by atoms with Crippen LogP contribution < -0.4 is 4.90 Å². The Hall–Kier alpha value is -2.14. The van der Waals surface area contributed by atoms with E-state index in [0.717, 1.165) is 23.4 Å². The van der Waals surface area contributed by atoms with Crippen molar-refractivity contribution in [2.75, 3.05) is 16.9 Å². The summed E-state index contributed by atoms with van der Waals surface area (Å²) in [6, 6.07) is 13.5. The Morgan fingerprint density at radius 3 is 2.52 bits per heavy atom. The number of carbonyl (C=O) groups is 2. The number of carbonyl (C=O) groups excluding carboxylic acids is 2. The van der Waals surface area contributed by atoms with Gasteiger partial charge in [-0.25, -0.2) is 4.98 Å². The number of anilines is 1. The smallest absolute Gasteiger partial charge is 0.288 e. The molecule has 1 aliphatic heterocycles. The van der Waals surface area contributed by atoms with Crippen molar-refractivity contribution < 1.29 is 9.59 Å². The number of aryl methyl sites for hydroxylation is 1. The number of Topliss-reactive ketones (excluding diaryl/α,β-unsaturated/α-hetero) is 1. The molecule has 0 aliphatic carbocycles. The highest BCUT2D eigenvalue weighted by atomic mass is 32.2. The van der Waals surface area contributed by atoms with E-state index in [0.29, 0.717) is 17.9 Å². The Morgan fingerprint density at radius 1 is 1.12 bits per heavy atom. The van der Waals surface area contributed by atoms with Crippen LogP contribution in [0.25, 0.3) is 0 Å². The molecule has 1 amide bonds. The third-order valence-corrected chi connectivity index (χ3v) is 6.65. The number of rotatable bonds is 5. The summed E-state index contributed by atoms with van der Waals surface area (Å²) in [5.74, 6) is 1.20. The van der Waals surface area contributed by atoms with E-state index in [1.165, 1.54) is 0 Å². The van der Waals surface area contributed by atoms with E-state index in [4.69, 9.17) is 0 Å². The van der Waals surface area contributed by atoms with E-state index in [9.17, 15) is 9.59 Å². The Balaban J connectivity index is 2.05. The minimum atomic E-state index is -0.583. The maximum absolute atomic E-state index is 13.2. The second-order valence-corrected chi connectivity index (χ2v) is 8.63. The highest BCUT2D eigenvalue weighted by Gasteiger charge is 2.48. The summed E-state index contributed by atoms with van der Waals surface area (Å²) in [7, 11) is -0.277. The van der Waals surface area contributed by atoms with Crippen LogP contribution in [0.1, 0.15) is 35.0 Å². The molecular formula is C20H23N2O2S+. The summed E-state index contributed by atoms with van der Waals surface area (Å²) < 4.78 is 0. The van der Waals surface area contributed by atoms with Crippen LogP contribution in [-0.4, -0.2) is 33.9 Å². The first-order chi connectivity index (χ1) is 12.0. The standard InChI is InChI=1S/C20H23N2O2S/c1-4-12-25(3)18-17(23)16-11-10-14(2)21-19(16)22(20(18)24)13-15-8-6-5-7-9-15/h5-11,18H,4,12-13H2,1-3H3/q+1. The lowest BCUT2D eigenvalue weighted by Gasteiger charge is -2.31. The minimum Gasteiger partial charge on any atom is -0.288 e. The highest BCUT2D eigenvalue weighted by Crippen LogP contribution is 2.31. The molecule has 3 rings (SSSR count). The molecule has 2 aromatic rings. The van der Waals surface area contributed by atoms with Gasteiger partial charge >= 0.3 is 0 Å². The maximum Gasteiger partial charge on any atom is 0.289 e. The number of hydrogen-bond acceptors (Lipinski definition) is 3. The highest BCUT2D eigenvalue weighted by molar-refractivity contribution is 7.98. The molecule has 2 heterocycles. The monoisotopic (exact) mass is 355 g/mol. The zero-order valence-corrected chi connectivity index (χ0v) is 15.7. The van der Waals surface area contributed by atoms with Gasteiger partial charge in [-0.15, -0.1) is 0 Å². The summed E-state index contributed by atoms with van der Waals surface area (Å²) in [6.07, 6.45) is 2.99. The average Bonchev–Trinajstić information content (AvgIpc) is 2.59. The Kier molecular flexibility index (Phi) is 5.23. The van der Waals surface area contributed by atoms with Crippen molar-refractivity contribution >= 4 is 28.4 Å². The van der Waals surface area contributed by atoms with Crippen LogP contribution in [0.2, 0.25) is 0 Å². The van der Waals surface area contributed by atoms with Crippen molar-refractivity contribution in [3.05, 3.63) is 59.3 Å². The number of hydrogen-bond donors (Lipinski definition) is 0. The number of nitrogens with zero attached hydrogens (tertiary/aromatic N) is 2. The average molecular weight is 355 g/mol. The lowest BCUT2D eigenvalue weighted by Crippen LogP contribution is -2.52. The predicted octanol–water partition coefficient (Wildman–Crippen LogP) is 3.15. The van der Waals surface area contributed by atoms with Crippen molar-refractivity contribution in [2.45, 2.75) is 32.1 Å². The van der Waals surface area contributed by atoms with Gasteiger partial charge in [0.1, 0.15) is 11.6 Å². The first kappa shape index (κ1) is 17.7. The van der Waals surface area contributed by atoms with Crippen molar-refractivity contribution in [1.82, 2.24) is 4.98 Å². The summed E-state index contributed by atoms with van der Waals surface area (Å²) in [5, 5.41) is -0.583. The van der Waals surface area contributed by atoms with Crippen LogP contribution in [0.5, 0.6) is 0 Å². The van der Waals surface area contributed by atoms with Crippen LogP contribution in [0.3, 0.4) is 0 Å². The summed E-state index contributed by atoms with van der Waals surface area (Å²) in [4.78, 5) is 32.4. The second-order valence-electron chi connectivity index (χ2n) is 6.37. The zero-order valence-electron chi connectivity index (χ0n) is 14.9. The number of amides is 1. The largest absolute Gasteiger partial charge is 0.289 e. The van der Waals surface area contributed by atoms with E-state index in [2.05, 4.69) is 11.9 Å². The van der Waals surface area contributed by atoms with E-state index in [1.807, 2.05) is 55.6 Å². The molecule has 1 aromatic heterocycles. The summed E-state index contributed by atoms with van der Waals surface area (Å²) >= 11 is 0. The SMILES string of the molecule is CCC[S+](C)C1C(=O)c2ccc(C)nc2N(Cc2ccccc2)C1=O. The molecule has 2 atom stereocenters. The maximum atomic E-state index is 13.2. The van der Waals surface area contributed by atoms with Crippen molar-refractivity contribution in [1.29, 1.82) is 0 Å². The lowest BCUT2D eigenvalue weighted by molar-refractivity contribution is -0.117. The van der Waals surface area contributed by atoms with E-state index in [-0.39, 0.29) is 22.6 Å². The second kappa shape index (κ2) is 7.40. The molecular weight excluding hydrogens is 332 g/mol. The van der Waals surface area contributed by atoms with Gasteiger partial charge in [-0.05, 0) is 31.0 Å². The van der Waals surface area contributed by atoms with Gasteiger partial charge in [0.15, 0.2) is 0 Å². The topological polar surface area (TPSA) is 50.3 Å². The van der Waals surface area contributed by atoms with E-state index >= 15 is 0 Å². The molecule has 25 heavy (non-hydrogen) atoms. The van der Waals surface area contributed by atoms with Crippen LogP contribution >= 0.6 is 0 Å². The summed E-state index contributed by atoms with van der Waals surface area (Å²) in [5.41, 5.74) is 2.41. The first-order valence-corrected chi connectivity index (χ1v) is 10.4. The normalized spacial score (nSPS) is 18.2. The number of fused-ring (bicyclic) bond motifs is 1. The molecule has 5 heteroatoms.